The van der Waals surface area contributed by atoms with Crippen LogP contribution < -0.4 is 5.32 Å². The summed E-state index contributed by atoms with van der Waals surface area (Å²) >= 11 is 0. The fraction of sp³-hybridized carbons (Fsp3) is 0.727. The summed E-state index contributed by atoms with van der Waals surface area (Å²) in [5.41, 5.74) is 1.19. The first-order chi connectivity index (χ1) is 6.76. The molecule has 3 heteroatoms. The fourth-order valence-corrected chi connectivity index (χ4v) is 2.26. The van der Waals surface area contributed by atoms with Crippen LogP contribution >= 0.6 is 0 Å². The summed E-state index contributed by atoms with van der Waals surface area (Å²) in [6.45, 7) is 7.76. The maximum Gasteiger partial charge on any atom is 0.203 e. The van der Waals surface area contributed by atoms with Gasteiger partial charge in [-0.25, -0.2) is 4.98 Å². The Morgan fingerprint density at radius 3 is 3.00 bits per heavy atom. The maximum absolute atomic E-state index is 4.55. The molecule has 0 fully saturated rings. The highest BCUT2D eigenvalue weighted by atomic mass is 15.2. The number of fused-ring (bicyclic) bond motifs is 1. The molecule has 0 amide bonds. The Balaban J connectivity index is 2.35. The molecule has 14 heavy (non-hydrogen) atoms. The topological polar surface area (TPSA) is 29.9 Å². The number of imidazole rings is 1. The predicted octanol–water partition coefficient (Wildman–Crippen LogP) is 2.46. The minimum atomic E-state index is 0.624. The van der Waals surface area contributed by atoms with E-state index in [-0.39, 0.29) is 0 Å². The summed E-state index contributed by atoms with van der Waals surface area (Å²) in [5.74, 6) is 1.76. The summed E-state index contributed by atoms with van der Waals surface area (Å²) in [6.07, 6.45) is 4.41. The van der Waals surface area contributed by atoms with Gasteiger partial charge in [0.25, 0.3) is 0 Å². The van der Waals surface area contributed by atoms with E-state index in [1.807, 2.05) is 0 Å². The smallest absolute Gasteiger partial charge is 0.203 e. The van der Waals surface area contributed by atoms with E-state index >= 15 is 0 Å². The average Bonchev–Trinajstić information content (AvgIpc) is 2.60. The molecular weight excluding hydrogens is 174 g/mol. The SMILES string of the molecule is CCc1cn2c(n1)NCC(C)C2CC. The van der Waals surface area contributed by atoms with Gasteiger partial charge in [0.1, 0.15) is 0 Å². The molecule has 2 atom stereocenters. The highest BCUT2D eigenvalue weighted by molar-refractivity contribution is 5.32. The molecule has 0 spiro atoms. The summed E-state index contributed by atoms with van der Waals surface area (Å²) in [6, 6.07) is 0.624. The number of nitrogens with one attached hydrogen (secondary N) is 1. The number of aromatic nitrogens is 2. The molecule has 1 N–H and O–H groups in total. The lowest BCUT2D eigenvalue weighted by Crippen LogP contribution is -2.30. The minimum Gasteiger partial charge on any atom is -0.355 e. The van der Waals surface area contributed by atoms with E-state index < -0.39 is 0 Å². The lowest BCUT2D eigenvalue weighted by molar-refractivity contribution is 0.338. The number of hydrogen-bond donors (Lipinski definition) is 1. The Labute approximate surface area is 85.5 Å². The summed E-state index contributed by atoms with van der Waals surface area (Å²) in [7, 11) is 0. The van der Waals surface area contributed by atoms with Crippen LogP contribution in [-0.2, 0) is 6.42 Å². The van der Waals surface area contributed by atoms with Gasteiger partial charge in [0.2, 0.25) is 5.95 Å². The first-order valence-electron chi connectivity index (χ1n) is 5.57. The second kappa shape index (κ2) is 3.64. The molecule has 0 saturated carbocycles. The molecule has 1 aromatic heterocycles. The van der Waals surface area contributed by atoms with Crippen molar-refractivity contribution in [3.05, 3.63) is 11.9 Å². The van der Waals surface area contributed by atoms with Crippen molar-refractivity contribution in [2.24, 2.45) is 5.92 Å². The Bertz CT molecular complexity index is 316. The fourth-order valence-electron chi connectivity index (χ4n) is 2.26. The predicted molar refractivity (Wildman–Crippen MR) is 58.6 cm³/mol. The second-order valence-corrected chi connectivity index (χ2v) is 4.15. The van der Waals surface area contributed by atoms with E-state index in [1.54, 1.807) is 0 Å². The van der Waals surface area contributed by atoms with Gasteiger partial charge in [-0.2, -0.15) is 0 Å². The molecule has 2 unspecified atom stereocenters. The van der Waals surface area contributed by atoms with Crippen molar-refractivity contribution in [3.63, 3.8) is 0 Å². The monoisotopic (exact) mass is 193 g/mol. The van der Waals surface area contributed by atoms with Crippen molar-refractivity contribution in [2.45, 2.75) is 39.7 Å². The van der Waals surface area contributed by atoms with Crippen molar-refractivity contribution < 1.29 is 0 Å². The molecule has 2 heterocycles. The quantitative estimate of drug-likeness (QED) is 0.782. The molecule has 2 rings (SSSR count). The van der Waals surface area contributed by atoms with Gasteiger partial charge >= 0.3 is 0 Å². The number of aryl methyl sites for hydroxylation is 1. The van der Waals surface area contributed by atoms with Crippen molar-refractivity contribution in [2.75, 3.05) is 11.9 Å². The van der Waals surface area contributed by atoms with Crippen LogP contribution in [0.1, 0.15) is 38.9 Å². The zero-order chi connectivity index (χ0) is 10.1. The van der Waals surface area contributed by atoms with Crippen LogP contribution in [-0.4, -0.2) is 16.1 Å². The Morgan fingerprint density at radius 1 is 1.57 bits per heavy atom. The highest BCUT2D eigenvalue weighted by Crippen LogP contribution is 2.30. The van der Waals surface area contributed by atoms with Crippen LogP contribution in [0, 0.1) is 5.92 Å². The number of anilines is 1. The third kappa shape index (κ3) is 1.41. The van der Waals surface area contributed by atoms with E-state index in [1.165, 1.54) is 12.1 Å². The van der Waals surface area contributed by atoms with Gasteiger partial charge in [0.05, 0.1) is 5.69 Å². The third-order valence-corrected chi connectivity index (χ3v) is 3.16. The number of nitrogens with zero attached hydrogens (tertiary/aromatic N) is 2. The van der Waals surface area contributed by atoms with Crippen LogP contribution in [0.2, 0.25) is 0 Å². The molecule has 0 aliphatic carbocycles. The normalized spacial score (nSPS) is 25.6. The van der Waals surface area contributed by atoms with Crippen molar-refractivity contribution in [3.8, 4) is 0 Å². The largest absolute Gasteiger partial charge is 0.355 e. The average molecular weight is 193 g/mol. The van der Waals surface area contributed by atoms with Gasteiger partial charge < -0.3 is 9.88 Å². The molecule has 0 radical (unpaired) electrons. The lowest BCUT2D eigenvalue weighted by Gasteiger charge is -2.31. The van der Waals surface area contributed by atoms with Gasteiger partial charge in [-0.3, -0.25) is 0 Å². The van der Waals surface area contributed by atoms with Crippen molar-refractivity contribution in [1.29, 1.82) is 0 Å². The summed E-state index contributed by atoms with van der Waals surface area (Å²) < 4.78 is 2.31. The Morgan fingerprint density at radius 2 is 2.36 bits per heavy atom. The van der Waals surface area contributed by atoms with E-state index in [2.05, 4.69) is 41.8 Å². The Hall–Kier alpha value is -0.990. The van der Waals surface area contributed by atoms with Crippen LogP contribution in [0.4, 0.5) is 5.95 Å². The zero-order valence-electron chi connectivity index (χ0n) is 9.25. The van der Waals surface area contributed by atoms with Crippen LogP contribution in [0.5, 0.6) is 0 Å². The molecule has 78 valence electrons. The van der Waals surface area contributed by atoms with Crippen LogP contribution in [0.25, 0.3) is 0 Å². The molecular formula is C11H19N3. The van der Waals surface area contributed by atoms with Crippen molar-refractivity contribution >= 4 is 5.95 Å². The van der Waals surface area contributed by atoms with Gasteiger partial charge in [0.15, 0.2) is 0 Å². The van der Waals surface area contributed by atoms with Crippen LogP contribution in [0.3, 0.4) is 0 Å². The molecule has 0 aromatic carbocycles. The van der Waals surface area contributed by atoms with Gasteiger partial charge in [-0.15, -0.1) is 0 Å². The minimum absolute atomic E-state index is 0.624. The second-order valence-electron chi connectivity index (χ2n) is 4.15. The third-order valence-electron chi connectivity index (χ3n) is 3.16. The summed E-state index contributed by atoms with van der Waals surface area (Å²) in [5, 5.41) is 3.38. The summed E-state index contributed by atoms with van der Waals surface area (Å²) in [4.78, 5) is 4.55. The zero-order valence-corrected chi connectivity index (χ0v) is 9.25. The molecule has 3 nitrogen and oxygen atoms in total. The van der Waals surface area contributed by atoms with E-state index in [0.29, 0.717) is 12.0 Å². The number of rotatable bonds is 2. The Kier molecular flexibility index (Phi) is 2.48. The lowest BCUT2D eigenvalue weighted by atomic mass is 9.98. The number of hydrogen-bond acceptors (Lipinski definition) is 2. The molecule has 0 saturated heterocycles. The maximum atomic E-state index is 4.55. The molecule has 1 aromatic rings. The van der Waals surface area contributed by atoms with Gasteiger partial charge in [-0.05, 0) is 18.8 Å². The first kappa shape index (κ1) is 9.56. The van der Waals surface area contributed by atoms with E-state index in [9.17, 15) is 0 Å². The molecule has 1 aliphatic heterocycles. The highest BCUT2D eigenvalue weighted by Gasteiger charge is 2.25. The first-order valence-corrected chi connectivity index (χ1v) is 5.57. The molecule has 0 bridgehead atoms. The van der Waals surface area contributed by atoms with Crippen LogP contribution in [0.15, 0.2) is 6.20 Å². The van der Waals surface area contributed by atoms with E-state index in [0.717, 1.165) is 18.9 Å². The van der Waals surface area contributed by atoms with E-state index in [4.69, 9.17) is 0 Å². The van der Waals surface area contributed by atoms with Gasteiger partial charge in [0, 0.05) is 18.8 Å². The standard InChI is InChI=1S/C11H19N3/c1-4-9-7-14-10(5-2)8(3)6-12-11(14)13-9/h7-8,10H,4-6H2,1-3H3,(H,12,13). The van der Waals surface area contributed by atoms with Gasteiger partial charge in [-0.1, -0.05) is 20.8 Å². The van der Waals surface area contributed by atoms with Crippen molar-refractivity contribution in [1.82, 2.24) is 9.55 Å². The molecule has 1 aliphatic rings.